The summed E-state index contributed by atoms with van der Waals surface area (Å²) in [6.07, 6.45) is 3.79. The molecule has 0 fully saturated rings. The second-order valence-electron chi connectivity index (χ2n) is 7.03. The fourth-order valence-electron chi connectivity index (χ4n) is 3.72. The van der Waals surface area contributed by atoms with Gasteiger partial charge in [0.25, 0.3) is 0 Å². The molecule has 0 amide bonds. The number of anilines is 1. The third-order valence-electron chi connectivity index (χ3n) is 5.17. The van der Waals surface area contributed by atoms with Crippen molar-refractivity contribution in [3.05, 3.63) is 70.8 Å². The minimum Gasteiger partial charge on any atom is -0.378 e. The smallest absolute Gasteiger partial charge is 0.0367 e. The largest absolute Gasteiger partial charge is 0.378 e. The molecule has 1 atom stereocenters. The SMILES string of the molecule is CC1=CC(C)C(c2ccc(N(C)C)cc2-c2ccccc2C=N)=C1C. The van der Waals surface area contributed by atoms with Crippen LogP contribution in [0.3, 0.4) is 0 Å². The first-order valence-corrected chi connectivity index (χ1v) is 8.75. The first-order valence-electron chi connectivity index (χ1n) is 8.75. The van der Waals surface area contributed by atoms with Gasteiger partial charge in [-0.2, -0.15) is 0 Å². The van der Waals surface area contributed by atoms with Crippen molar-refractivity contribution in [3.63, 3.8) is 0 Å². The Morgan fingerprint density at radius 2 is 1.68 bits per heavy atom. The van der Waals surface area contributed by atoms with Gasteiger partial charge in [0.15, 0.2) is 0 Å². The van der Waals surface area contributed by atoms with Gasteiger partial charge in [0, 0.05) is 31.9 Å². The molecule has 2 nitrogen and oxygen atoms in total. The van der Waals surface area contributed by atoms with Crippen LogP contribution in [0.25, 0.3) is 16.7 Å². The average molecular weight is 330 g/mol. The molecule has 2 aromatic carbocycles. The number of nitrogens with one attached hydrogen (secondary N) is 1. The molecule has 0 spiro atoms. The molecular formula is C23H26N2. The summed E-state index contributed by atoms with van der Waals surface area (Å²) in [7, 11) is 4.13. The van der Waals surface area contributed by atoms with Crippen molar-refractivity contribution in [2.75, 3.05) is 19.0 Å². The Balaban J connectivity index is 2.29. The van der Waals surface area contributed by atoms with Crippen molar-refractivity contribution in [2.24, 2.45) is 5.92 Å². The molecule has 0 aliphatic heterocycles. The fourth-order valence-corrected chi connectivity index (χ4v) is 3.72. The van der Waals surface area contributed by atoms with Crippen molar-refractivity contribution < 1.29 is 0 Å². The van der Waals surface area contributed by atoms with E-state index in [-0.39, 0.29) is 0 Å². The molecule has 3 rings (SSSR count). The molecule has 1 N–H and O–H groups in total. The Morgan fingerprint density at radius 1 is 0.960 bits per heavy atom. The van der Waals surface area contributed by atoms with Crippen LogP contribution in [0.1, 0.15) is 31.9 Å². The van der Waals surface area contributed by atoms with Crippen LogP contribution in [0.4, 0.5) is 5.69 Å². The summed E-state index contributed by atoms with van der Waals surface area (Å²) in [6.45, 7) is 6.68. The van der Waals surface area contributed by atoms with E-state index in [0.29, 0.717) is 5.92 Å². The van der Waals surface area contributed by atoms with Crippen LogP contribution >= 0.6 is 0 Å². The number of hydrogen-bond acceptors (Lipinski definition) is 2. The molecule has 128 valence electrons. The molecule has 0 saturated heterocycles. The summed E-state index contributed by atoms with van der Waals surface area (Å²) in [5.74, 6) is 0.413. The maximum Gasteiger partial charge on any atom is 0.0367 e. The maximum atomic E-state index is 7.81. The third-order valence-corrected chi connectivity index (χ3v) is 5.17. The van der Waals surface area contributed by atoms with Crippen molar-refractivity contribution in [2.45, 2.75) is 20.8 Å². The van der Waals surface area contributed by atoms with Crippen molar-refractivity contribution in [1.29, 1.82) is 5.41 Å². The Morgan fingerprint density at radius 3 is 2.28 bits per heavy atom. The van der Waals surface area contributed by atoms with Crippen LogP contribution in [0.5, 0.6) is 0 Å². The molecule has 1 aliphatic carbocycles. The van der Waals surface area contributed by atoms with Gasteiger partial charge >= 0.3 is 0 Å². The molecule has 25 heavy (non-hydrogen) atoms. The van der Waals surface area contributed by atoms with E-state index in [1.54, 1.807) is 0 Å². The number of benzene rings is 2. The van der Waals surface area contributed by atoms with Crippen LogP contribution in [-0.2, 0) is 0 Å². The van der Waals surface area contributed by atoms with Gasteiger partial charge in [-0.05, 0) is 59.4 Å². The lowest BCUT2D eigenvalue weighted by Gasteiger charge is -2.21. The van der Waals surface area contributed by atoms with Gasteiger partial charge in [-0.25, -0.2) is 0 Å². The van der Waals surface area contributed by atoms with Crippen molar-refractivity contribution in [1.82, 2.24) is 0 Å². The molecule has 2 heteroatoms. The first-order chi connectivity index (χ1) is 11.9. The topological polar surface area (TPSA) is 27.1 Å². The summed E-state index contributed by atoms with van der Waals surface area (Å²) in [5, 5.41) is 7.81. The Bertz CT molecular complexity index is 885. The molecule has 0 aromatic heterocycles. The van der Waals surface area contributed by atoms with Gasteiger partial charge < -0.3 is 10.3 Å². The zero-order valence-corrected chi connectivity index (χ0v) is 15.7. The van der Waals surface area contributed by atoms with E-state index in [9.17, 15) is 0 Å². The number of hydrogen-bond donors (Lipinski definition) is 1. The van der Waals surface area contributed by atoms with Gasteiger partial charge in [0.1, 0.15) is 0 Å². The fraction of sp³-hybridized carbons (Fsp3) is 0.261. The summed E-state index contributed by atoms with van der Waals surface area (Å²) in [6, 6.07) is 14.9. The molecule has 0 heterocycles. The van der Waals surface area contributed by atoms with Crippen LogP contribution in [0, 0.1) is 11.3 Å². The number of allylic oxidation sites excluding steroid dienone is 4. The van der Waals surface area contributed by atoms with E-state index in [2.05, 4.69) is 76.2 Å². The molecule has 1 unspecified atom stereocenters. The lowest BCUT2D eigenvalue weighted by molar-refractivity contribution is 0.975. The maximum absolute atomic E-state index is 7.81. The second-order valence-corrected chi connectivity index (χ2v) is 7.03. The normalized spacial score (nSPS) is 16.8. The standard InChI is InChI=1S/C23H26N2/c1-15-12-16(2)23(17(15)3)21-11-10-19(25(4)5)13-22(21)20-9-7-6-8-18(20)14-24/h6-14,16,24H,1-5H3. The lowest BCUT2D eigenvalue weighted by Crippen LogP contribution is -2.09. The summed E-state index contributed by atoms with van der Waals surface area (Å²) < 4.78 is 0. The Hall–Kier alpha value is -2.61. The van der Waals surface area contributed by atoms with E-state index >= 15 is 0 Å². The average Bonchev–Trinajstić information content (AvgIpc) is 2.86. The summed E-state index contributed by atoms with van der Waals surface area (Å²) in [5.41, 5.74) is 9.86. The number of rotatable bonds is 4. The molecule has 0 radical (unpaired) electrons. The van der Waals surface area contributed by atoms with Gasteiger partial charge in [-0.1, -0.05) is 48.9 Å². The summed E-state index contributed by atoms with van der Waals surface area (Å²) in [4.78, 5) is 2.13. The van der Waals surface area contributed by atoms with Crippen LogP contribution in [-0.4, -0.2) is 20.3 Å². The molecular weight excluding hydrogens is 304 g/mol. The Labute approximate surface area is 151 Å². The van der Waals surface area contributed by atoms with E-state index < -0.39 is 0 Å². The Kier molecular flexibility index (Phi) is 4.63. The highest BCUT2D eigenvalue weighted by Crippen LogP contribution is 2.43. The van der Waals surface area contributed by atoms with E-state index in [1.807, 2.05) is 12.1 Å². The van der Waals surface area contributed by atoms with E-state index in [0.717, 1.165) is 11.1 Å². The lowest BCUT2D eigenvalue weighted by atomic mass is 9.86. The van der Waals surface area contributed by atoms with Gasteiger partial charge in [-0.3, -0.25) is 0 Å². The highest BCUT2D eigenvalue weighted by molar-refractivity contribution is 5.95. The van der Waals surface area contributed by atoms with Crippen molar-refractivity contribution in [3.8, 4) is 11.1 Å². The predicted octanol–water partition coefficient (Wildman–Crippen LogP) is 5.79. The molecule has 0 saturated carbocycles. The van der Waals surface area contributed by atoms with Crippen molar-refractivity contribution >= 4 is 17.5 Å². The number of nitrogens with zero attached hydrogens (tertiary/aromatic N) is 1. The monoisotopic (exact) mass is 330 g/mol. The van der Waals surface area contributed by atoms with Crippen LogP contribution in [0.2, 0.25) is 0 Å². The minimum atomic E-state index is 0.413. The first kappa shape index (κ1) is 17.2. The highest BCUT2D eigenvalue weighted by atomic mass is 15.1. The van der Waals surface area contributed by atoms with Gasteiger partial charge in [-0.15, -0.1) is 0 Å². The predicted molar refractivity (Wildman–Crippen MR) is 110 cm³/mol. The van der Waals surface area contributed by atoms with Gasteiger partial charge in [0.05, 0.1) is 0 Å². The van der Waals surface area contributed by atoms with E-state index in [1.165, 1.54) is 39.7 Å². The zero-order chi connectivity index (χ0) is 18.1. The van der Waals surface area contributed by atoms with Gasteiger partial charge in [0.2, 0.25) is 0 Å². The zero-order valence-electron chi connectivity index (χ0n) is 15.7. The minimum absolute atomic E-state index is 0.413. The summed E-state index contributed by atoms with van der Waals surface area (Å²) >= 11 is 0. The second kappa shape index (κ2) is 6.72. The molecule has 2 aromatic rings. The highest BCUT2D eigenvalue weighted by Gasteiger charge is 2.23. The molecule has 0 bridgehead atoms. The molecule has 1 aliphatic rings. The van der Waals surface area contributed by atoms with Crippen LogP contribution in [0.15, 0.2) is 59.7 Å². The third kappa shape index (κ3) is 3.05. The van der Waals surface area contributed by atoms with E-state index in [4.69, 9.17) is 5.41 Å². The van der Waals surface area contributed by atoms with Crippen LogP contribution < -0.4 is 4.90 Å². The quantitative estimate of drug-likeness (QED) is 0.706.